The average molecular weight is 1110 g/mol. The topological polar surface area (TPSA) is 155 Å². The summed E-state index contributed by atoms with van der Waals surface area (Å²) in [6, 6.07) is 0. The molecule has 0 heterocycles. The van der Waals surface area contributed by atoms with Crippen molar-refractivity contribution in [1.82, 2.24) is 0 Å². The Bertz CT molecular complexity index is 1720. The van der Waals surface area contributed by atoms with E-state index in [0.29, 0.717) is 19.3 Å². The minimum absolute atomic E-state index is 0.115. The second-order valence-electron chi connectivity index (χ2n) is 20.1. The molecule has 0 amide bonds. The fraction of sp³-hybridized carbons (Fsp3) is 0.682. The lowest BCUT2D eigenvalue weighted by Crippen LogP contribution is -2.30. The zero-order chi connectivity index (χ0) is 56.9. The molecule has 446 valence electrons. The molecule has 0 saturated heterocycles. The minimum atomic E-state index is -4.77. The third kappa shape index (κ3) is 56.8. The van der Waals surface area contributed by atoms with Gasteiger partial charge in [-0.25, -0.2) is 4.57 Å². The summed E-state index contributed by atoms with van der Waals surface area (Å²) in [5.74, 6) is -1.56. The third-order valence-electron chi connectivity index (χ3n) is 12.7. The number of aliphatic hydroxyl groups excluding tert-OH is 1. The van der Waals surface area contributed by atoms with Crippen LogP contribution in [0.5, 0.6) is 0 Å². The van der Waals surface area contributed by atoms with Crippen LogP contribution in [0.2, 0.25) is 0 Å². The molecule has 0 aromatic heterocycles. The molecule has 11 nitrogen and oxygen atoms in total. The average Bonchev–Trinajstić information content (AvgIpc) is 3.43. The van der Waals surface area contributed by atoms with Gasteiger partial charge >= 0.3 is 25.7 Å². The Morgan fingerprint density at radius 2 is 0.667 bits per heavy atom. The summed E-state index contributed by atoms with van der Waals surface area (Å²) in [5.41, 5.74) is 0. The Balaban J connectivity index is 4.80. The molecule has 3 unspecified atom stereocenters. The van der Waals surface area contributed by atoms with Gasteiger partial charge in [-0.05, 0) is 103 Å². The highest BCUT2D eigenvalue weighted by atomic mass is 31.2. The van der Waals surface area contributed by atoms with E-state index in [9.17, 15) is 28.9 Å². The molecule has 0 aromatic carbocycles. The molecule has 0 rings (SSSR count). The molecule has 0 aliphatic heterocycles. The van der Waals surface area contributed by atoms with Gasteiger partial charge in [0.25, 0.3) is 0 Å². The van der Waals surface area contributed by atoms with Crippen LogP contribution < -0.4 is 0 Å². The van der Waals surface area contributed by atoms with Crippen molar-refractivity contribution in [2.45, 2.75) is 264 Å². The highest BCUT2D eigenvalue weighted by Gasteiger charge is 2.28. The summed E-state index contributed by atoms with van der Waals surface area (Å²) in [6.07, 6.45) is 71.9. The summed E-state index contributed by atoms with van der Waals surface area (Å²) in [4.78, 5) is 48.7. The molecule has 0 aliphatic carbocycles. The zero-order valence-corrected chi connectivity index (χ0v) is 50.2. The quantitative estimate of drug-likeness (QED) is 0.0197. The zero-order valence-electron chi connectivity index (χ0n) is 49.3. The molecular weight excluding hydrogens is 1000 g/mol. The van der Waals surface area contributed by atoms with Crippen LogP contribution in [0.1, 0.15) is 252 Å². The van der Waals surface area contributed by atoms with Crippen LogP contribution in [0.4, 0.5) is 0 Å². The molecule has 0 aliphatic rings. The Morgan fingerprint density at radius 1 is 0.372 bits per heavy atom. The number of esters is 3. The van der Waals surface area contributed by atoms with Crippen molar-refractivity contribution in [2.24, 2.45) is 0 Å². The van der Waals surface area contributed by atoms with Gasteiger partial charge in [0.05, 0.1) is 19.8 Å². The summed E-state index contributed by atoms with van der Waals surface area (Å²) in [5, 5.41) is 9.84. The molecule has 0 radical (unpaired) electrons. The molecular formula is C66H111O11P. The summed E-state index contributed by atoms with van der Waals surface area (Å²) < 4.78 is 39.5. The van der Waals surface area contributed by atoms with E-state index in [1.807, 2.05) is 0 Å². The van der Waals surface area contributed by atoms with Crippen LogP contribution in [0.15, 0.2) is 109 Å². The number of phosphoric acid groups is 1. The van der Waals surface area contributed by atoms with E-state index in [0.717, 1.165) is 109 Å². The number of carbonyl (C=O) groups excluding carboxylic acids is 3. The number of ether oxygens (including phenoxy) is 3. The van der Waals surface area contributed by atoms with Gasteiger partial charge in [-0.15, -0.1) is 0 Å². The molecule has 78 heavy (non-hydrogen) atoms. The van der Waals surface area contributed by atoms with E-state index in [1.165, 1.54) is 83.5 Å². The minimum Gasteiger partial charge on any atom is -0.462 e. The highest BCUT2D eigenvalue weighted by Crippen LogP contribution is 2.43. The van der Waals surface area contributed by atoms with Crippen LogP contribution in [0.25, 0.3) is 0 Å². The van der Waals surface area contributed by atoms with Crippen molar-refractivity contribution in [3.8, 4) is 0 Å². The summed E-state index contributed by atoms with van der Waals surface area (Å²) >= 11 is 0. The molecule has 2 N–H and O–H groups in total. The van der Waals surface area contributed by atoms with E-state index in [1.54, 1.807) is 0 Å². The normalized spacial score (nSPS) is 14.1. The first-order chi connectivity index (χ1) is 38.2. The molecule has 3 atom stereocenters. The first-order valence-corrected chi connectivity index (χ1v) is 32.3. The lowest BCUT2D eigenvalue weighted by atomic mass is 10.0. The maximum Gasteiger partial charge on any atom is 0.472 e. The second kappa shape index (κ2) is 59.3. The Morgan fingerprint density at radius 3 is 1.05 bits per heavy atom. The van der Waals surface area contributed by atoms with Crippen molar-refractivity contribution >= 4 is 25.7 Å². The first-order valence-electron chi connectivity index (χ1n) is 30.8. The van der Waals surface area contributed by atoms with Gasteiger partial charge < -0.3 is 24.2 Å². The third-order valence-corrected chi connectivity index (χ3v) is 13.6. The Hall–Kier alpha value is -3.86. The van der Waals surface area contributed by atoms with E-state index >= 15 is 0 Å². The standard InChI is InChI=1S/C66H111O11P/c1-4-7-10-13-16-19-22-25-28-30-31-33-36-39-42-45-48-51-54-57-66(70)77-63(59-73-64(68)55-52-49-46-43-40-37-34-27-24-21-18-15-12-9-6-3)61-75-78(71,72)74-60-62(58-67)76-65(69)56-53-50-47-44-41-38-35-32-29-26-23-20-17-14-11-8-5-2/h7,9-10,12,16,18-19,21,25,27-28,31,33-34,39-40,42-43,62-63,67H,4-6,8,11,13-15,17,20,22-24,26,29-30,32,35-38,41,44-61H2,1-3H3,(H,71,72)/b10-7-,12-9-,19-16-,21-18-,28-25-,33-31-,34-27-,42-39-,43-40-. The van der Waals surface area contributed by atoms with Gasteiger partial charge in [0.1, 0.15) is 12.7 Å². The monoisotopic (exact) mass is 1110 g/mol. The molecule has 0 saturated carbocycles. The Kier molecular flexibility index (Phi) is 56.3. The molecule has 0 spiro atoms. The van der Waals surface area contributed by atoms with Crippen molar-refractivity contribution in [2.75, 3.05) is 26.4 Å². The van der Waals surface area contributed by atoms with Crippen molar-refractivity contribution in [3.05, 3.63) is 109 Å². The van der Waals surface area contributed by atoms with Crippen LogP contribution in [-0.4, -0.2) is 66.5 Å². The summed E-state index contributed by atoms with van der Waals surface area (Å²) in [6.45, 7) is 4.35. The molecule has 0 fully saturated rings. The first kappa shape index (κ1) is 74.1. The van der Waals surface area contributed by atoms with Crippen LogP contribution in [0, 0.1) is 0 Å². The largest absolute Gasteiger partial charge is 0.472 e. The maximum atomic E-state index is 12.9. The van der Waals surface area contributed by atoms with Crippen LogP contribution in [0.3, 0.4) is 0 Å². The number of hydrogen-bond acceptors (Lipinski definition) is 10. The molecule has 0 aromatic rings. The van der Waals surface area contributed by atoms with Crippen LogP contribution in [-0.2, 0) is 42.2 Å². The predicted molar refractivity (Wildman–Crippen MR) is 325 cm³/mol. The fourth-order valence-electron chi connectivity index (χ4n) is 8.08. The fourth-order valence-corrected chi connectivity index (χ4v) is 8.86. The van der Waals surface area contributed by atoms with Crippen molar-refractivity contribution in [3.63, 3.8) is 0 Å². The number of unbranched alkanes of at least 4 members (excludes halogenated alkanes) is 21. The lowest BCUT2D eigenvalue weighted by Gasteiger charge is -2.21. The van der Waals surface area contributed by atoms with Gasteiger partial charge in [0, 0.05) is 19.3 Å². The van der Waals surface area contributed by atoms with E-state index < -0.39 is 57.8 Å². The van der Waals surface area contributed by atoms with Gasteiger partial charge in [0.15, 0.2) is 6.10 Å². The van der Waals surface area contributed by atoms with Crippen molar-refractivity contribution < 1.29 is 52.2 Å². The predicted octanol–water partition coefficient (Wildman–Crippen LogP) is 18.6. The smallest absolute Gasteiger partial charge is 0.462 e. The van der Waals surface area contributed by atoms with Gasteiger partial charge in [0.2, 0.25) is 0 Å². The number of rotatable bonds is 56. The Labute approximate surface area is 475 Å². The van der Waals surface area contributed by atoms with Crippen LogP contribution >= 0.6 is 7.82 Å². The van der Waals surface area contributed by atoms with E-state index in [4.69, 9.17) is 23.3 Å². The van der Waals surface area contributed by atoms with Gasteiger partial charge in [-0.3, -0.25) is 23.4 Å². The SMILES string of the molecule is CC/C=C\C/C=C\C/C=C\C/C=C\C/C=C\CCCCCC(=O)OC(COC(=O)CCCC/C=C\C/C=C\C/C=C\C/C=C\CC)COP(=O)(O)OCC(CO)OC(=O)CCCCCCCCCCCCCCCCCCC. The van der Waals surface area contributed by atoms with E-state index in [-0.39, 0.29) is 25.9 Å². The van der Waals surface area contributed by atoms with Gasteiger partial charge in [-0.2, -0.15) is 0 Å². The number of hydrogen-bond donors (Lipinski definition) is 2. The van der Waals surface area contributed by atoms with E-state index in [2.05, 4.69) is 130 Å². The van der Waals surface area contributed by atoms with Gasteiger partial charge in [-0.1, -0.05) is 239 Å². The number of allylic oxidation sites excluding steroid dienone is 18. The van der Waals surface area contributed by atoms with Crippen molar-refractivity contribution in [1.29, 1.82) is 0 Å². The lowest BCUT2D eigenvalue weighted by molar-refractivity contribution is -0.161. The second-order valence-corrected chi connectivity index (χ2v) is 21.6. The number of phosphoric ester groups is 1. The number of aliphatic hydroxyl groups is 1. The molecule has 0 bridgehead atoms. The number of carbonyl (C=O) groups is 3. The summed E-state index contributed by atoms with van der Waals surface area (Å²) in [7, 11) is -4.77. The maximum absolute atomic E-state index is 12.9. The molecule has 12 heteroatoms. The highest BCUT2D eigenvalue weighted by molar-refractivity contribution is 7.47.